The lowest BCUT2D eigenvalue weighted by molar-refractivity contribution is -0.121. The fourth-order valence-electron chi connectivity index (χ4n) is 2.64. The molecule has 2 amide bonds. The van der Waals surface area contributed by atoms with E-state index in [0.29, 0.717) is 16.3 Å². The van der Waals surface area contributed by atoms with Crippen molar-refractivity contribution < 1.29 is 18.0 Å². The van der Waals surface area contributed by atoms with Gasteiger partial charge in [-0.3, -0.25) is 9.59 Å². The highest BCUT2D eigenvalue weighted by molar-refractivity contribution is 7.93. The summed E-state index contributed by atoms with van der Waals surface area (Å²) < 4.78 is 25.3. The van der Waals surface area contributed by atoms with Crippen LogP contribution in [0.15, 0.2) is 47.4 Å². The van der Waals surface area contributed by atoms with Crippen molar-refractivity contribution in [3.05, 3.63) is 53.1 Å². The minimum Gasteiger partial charge on any atom is -0.326 e. The molecule has 2 N–H and O–H groups in total. The maximum absolute atomic E-state index is 12.7. The monoisotopic (exact) mass is 378 g/mol. The van der Waals surface area contributed by atoms with E-state index < -0.39 is 33.3 Å². The van der Waals surface area contributed by atoms with Crippen molar-refractivity contribution in [2.24, 2.45) is 0 Å². The second-order valence-electron chi connectivity index (χ2n) is 5.68. The molecule has 2 aromatic rings. The molecule has 0 aliphatic carbocycles. The molecule has 0 aromatic heterocycles. The number of carbonyl (C=O) groups excluding carboxylic acids is 2. The number of benzene rings is 2. The third kappa shape index (κ3) is 3.25. The molecule has 0 radical (unpaired) electrons. The lowest BCUT2D eigenvalue weighted by atomic mass is 10.2. The number of halogens is 1. The Balaban J connectivity index is 1.84. The molecule has 0 saturated carbocycles. The van der Waals surface area contributed by atoms with E-state index in [9.17, 15) is 18.0 Å². The quantitative estimate of drug-likeness (QED) is 0.858. The van der Waals surface area contributed by atoms with Gasteiger partial charge in [-0.2, -0.15) is 0 Å². The van der Waals surface area contributed by atoms with Crippen LogP contribution in [-0.2, 0) is 19.4 Å². The van der Waals surface area contributed by atoms with Gasteiger partial charge in [-0.1, -0.05) is 29.8 Å². The third-order valence-electron chi connectivity index (χ3n) is 4.03. The summed E-state index contributed by atoms with van der Waals surface area (Å²) in [7, 11) is -3.94. The number of rotatable bonds is 3. The van der Waals surface area contributed by atoms with Crippen LogP contribution in [0.2, 0.25) is 5.02 Å². The number of hydrogen-bond acceptors (Lipinski definition) is 4. The van der Waals surface area contributed by atoms with Crippen molar-refractivity contribution >= 4 is 44.6 Å². The second-order valence-corrected chi connectivity index (χ2v) is 8.19. The smallest absolute Gasteiger partial charge is 0.243 e. The molecule has 3 rings (SSSR count). The maximum Gasteiger partial charge on any atom is 0.243 e. The molecule has 0 fully saturated rings. The molecule has 0 saturated heterocycles. The third-order valence-corrected chi connectivity index (χ3v) is 6.54. The van der Waals surface area contributed by atoms with Crippen LogP contribution in [0.4, 0.5) is 11.4 Å². The predicted molar refractivity (Wildman–Crippen MR) is 95.5 cm³/mol. The first kappa shape index (κ1) is 17.4. The molecule has 0 spiro atoms. The fraction of sp³-hybridized carbons (Fsp3) is 0.176. The highest BCUT2D eigenvalue weighted by Crippen LogP contribution is 2.31. The van der Waals surface area contributed by atoms with Crippen molar-refractivity contribution in [2.75, 3.05) is 10.6 Å². The zero-order chi connectivity index (χ0) is 18.2. The number of anilines is 2. The number of nitrogens with one attached hydrogen (secondary N) is 2. The van der Waals surface area contributed by atoms with Crippen molar-refractivity contribution in [3.8, 4) is 0 Å². The second kappa shape index (κ2) is 6.50. The van der Waals surface area contributed by atoms with Crippen molar-refractivity contribution in [1.29, 1.82) is 0 Å². The summed E-state index contributed by atoms with van der Waals surface area (Å²) >= 11 is 6.00. The highest BCUT2D eigenvalue weighted by atomic mass is 35.5. The van der Waals surface area contributed by atoms with Crippen LogP contribution in [0.25, 0.3) is 0 Å². The molecule has 0 bridgehead atoms. The van der Waals surface area contributed by atoms with Gasteiger partial charge in [-0.25, -0.2) is 8.42 Å². The van der Waals surface area contributed by atoms with Crippen LogP contribution >= 0.6 is 11.6 Å². The summed E-state index contributed by atoms with van der Waals surface area (Å²) in [5.41, 5.74) is 1.38. The Morgan fingerprint density at radius 3 is 2.68 bits per heavy atom. The summed E-state index contributed by atoms with van der Waals surface area (Å²) in [6.07, 6.45) is -0.478. The van der Waals surface area contributed by atoms with E-state index in [4.69, 9.17) is 11.6 Å². The Morgan fingerprint density at radius 1 is 1.20 bits per heavy atom. The van der Waals surface area contributed by atoms with Gasteiger partial charge in [-0.15, -0.1) is 0 Å². The van der Waals surface area contributed by atoms with Gasteiger partial charge < -0.3 is 10.6 Å². The Morgan fingerprint density at radius 2 is 1.92 bits per heavy atom. The van der Waals surface area contributed by atoms with Crippen LogP contribution in [-0.4, -0.2) is 25.5 Å². The molecule has 130 valence electrons. The van der Waals surface area contributed by atoms with E-state index >= 15 is 0 Å². The Hall–Kier alpha value is -2.38. The number of fused-ring (bicyclic) bond motifs is 1. The summed E-state index contributed by atoms with van der Waals surface area (Å²) in [6.45, 7) is 1.73. The van der Waals surface area contributed by atoms with Crippen LogP contribution < -0.4 is 10.6 Å². The Kier molecular flexibility index (Phi) is 4.53. The van der Waals surface area contributed by atoms with Crippen LogP contribution in [0.1, 0.15) is 12.0 Å². The molecule has 1 atom stereocenters. The molecule has 1 heterocycles. The summed E-state index contributed by atoms with van der Waals surface area (Å²) in [5, 5.41) is 4.16. The van der Waals surface area contributed by atoms with Gasteiger partial charge in [0.2, 0.25) is 11.8 Å². The molecular formula is C17H15ClN2O4S. The van der Waals surface area contributed by atoms with E-state index in [-0.39, 0.29) is 10.6 Å². The molecule has 8 heteroatoms. The Labute approximate surface area is 150 Å². The molecule has 6 nitrogen and oxygen atoms in total. The normalized spacial score (nSPS) is 18.2. The number of amides is 2. The van der Waals surface area contributed by atoms with Gasteiger partial charge in [0.25, 0.3) is 0 Å². The van der Waals surface area contributed by atoms with E-state index in [2.05, 4.69) is 10.6 Å². The maximum atomic E-state index is 12.7. The van der Waals surface area contributed by atoms with Crippen molar-refractivity contribution in [3.63, 3.8) is 0 Å². The van der Waals surface area contributed by atoms with Crippen molar-refractivity contribution in [2.45, 2.75) is 23.5 Å². The fourth-order valence-corrected chi connectivity index (χ4v) is 4.53. The molecule has 25 heavy (non-hydrogen) atoms. The van der Waals surface area contributed by atoms with Crippen LogP contribution in [0.5, 0.6) is 0 Å². The molecule has 0 unspecified atom stereocenters. The number of sulfone groups is 1. The van der Waals surface area contributed by atoms with Crippen LogP contribution in [0.3, 0.4) is 0 Å². The van der Waals surface area contributed by atoms with E-state index in [1.165, 1.54) is 12.1 Å². The lowest BCUT2D eigenvalue weighted by Gasteiger charge is -2.24. The number of hydrogen-bond donors (Lipinski definition) is 2. The zero-order valence-corrected chi connectivity index (χ0v) is 14.8. The zero-order valence-electron chi connectivity index (χ0n) is 13.2. The number of para-hydroxylation sites is 1. The molecule has 1 aliphatic heterocycles. The molecule has 2 aromatic carbocycles. The van der Waals surface area contributed by atoms with E-state index in [1.807, 2.05) is 0 Å². The summed E-state index contributed by atoms with van der Waals surface area (Å²) in [5.74, 6) is -1.29. The molecule has 1 aliphatic rings. The minimum absolute atomic E-state index is 0.0198. The van der Waals surface area contributed by atoms with Gasteiger partial charge in [0.05, 0.1) is 17.0 Å². The van der Waals surface area contributed by atoms with Gasteiger partial charge in [-0.05, 0) is 36.8 Å². The van der Waals surface area contributed by atoms with E-state index in [1.54, 1.807) is 37.3 Å². The molecular weight excluding hydrogens is 364 g/mol. The van der Waals surface area contributed by atoms with E-state index in [0.717, 1.165) is 0 Å². The van der Waals surface area contributed by atoms with Crippen molar-refractivity contribution in [1.82, 2.24) is 0 Å². The van der Waals surface area contributed by atoms with Gasteiger partial charge >= 0.3 is 0 Å². The lowest BCUT2D eigenvalue weighted by Crippen LogP contribution is -2.42. The first-order valence-corrected chi connectivity index (χ1v) is 9.42. The highest BCUT2D eigenvalue weighted by Gasteiger charge is 2.41. The average Bonchev–Trinajstić information content (AvgIpc) is 2.56. The topological polar surface area (TPSA) is 92.3 Å². The van der Waals surface area contributed by atoms with Crippen LogP contribution in [0, 0.1) is 6.92 Å². The summed E-state index contributed by atoms with van der Waals surface area (Å²) in [4.78, 5) is 24.5. The average molecular weight is 379 g/mol. The number of carbonyl (C=O) groups is 2. The largest absolute Gasteiger partial charge is 0.326 e. The minimum atomic E-state index is -3.94. The first-order chi connectivity index (χ1) is 11.8. The standard InChI is InChI=1S/C17H15ClN2O4S/c1-10-11(18)5-4-7-12(10)19-16(21)9-15-17(22)20-13-6-2-3-8-14(13)25(15,23)24/h2-8,15H,9H2,1H3,(H,19,21)(H,20,22)/t15-/m1/s1. The SMILES string of the molecule is Cc1c(Cl)cccc1NC(=O)C[C@@H]1C(=O)Nc2ccccc2S1(=O)=O. The first-order valence-electron chi connectivity index (χ1n) is 7.49. The van der Waals surface area contributed by atoms with Gasteiger partial charge in [0.1, 0.15) is 0 Å². The van der Waals surface area contributed by atoms with Gasteiger partial charge in [0, 0.05) is 10.7 Å². The Bertz CT molecular complexity index is 972. The van der Waals surface area contributed by atoms with Gasteiger partial charge in [0.15, 0.2) is 15.1 Å². The summed E-state index contributed by atoms with van der Waals surface area (Å²) in [6, 6.07) is 11.1. The predicted octanol–water partition coefficient (Wildman–Crippen LogP) is 2.77.